The van der Waals surface area contributed by atoms with Crippen molar-refractivity contribution in [1.82, 2.24) is 0 Å². The monoisotopic (exact) mass is 176 g/mol. The van der Waals surface area contributed by atoms with Crippen LogP contribution in [0.5, 0.6) is 5.75 Å². The van der Waals surface area contributed by atoms with E-state index >= 15 is 0 Å². The van der Waals surface area contributed by atoms with Gasteiger partial charge in [-0.1, -0.05) is 12.1 Å². The van der Waals surface area contributed by atoms with E-state index in [-0.39, 0.29) is 5.75 Å². The van der Waals surface area contributed by atoms with Crippen LogP contribution in [0.1, 0.15) is 12.0 Å². The number of aryl methyl sites for hydroxylation is 1. The highest BCUT2D eigenvalue weighted by Gasteiger charge is 2.00. The van der Waals surface area contributed by atoms with Crippen LogP contribution < -0.4 is 5.73 Å². The molecule has 0 radical (unpaired) electrons. The van der Waals surface area contributed by atoms with E-state index < -0.39 is 6.04 Å². The van der Waals surface area contributed by atoms with E-state index in [4.69, 9.17) is 16.1 Å². The maximum atomic E-state index is 9.00. The largest absolute Gasteiger partial charge is 0.508 e. The number of aromatic hydroxyl groups is 1. The van der Waals surface area contributed by atoms with Gasteiger partial charge >= 0.3 is 0 Å². The van der Waals surface area contributed by atoms with Crippen LogP contribution in [0.4, 0.5) is 0 Å². The van der Waals surface area contributed by atoms with E-state index in [9.17, 15) is 0 Å². The predicted octanol–water partition coefficient (Wildman–Crippen LogP) is 1.18. The Balaban J connectivity index is 2.47. The van der Waals surface area contributed by atoms with Crippen molar-refractivity contribution in [2.75, 3.05) is 0 Å². The molecule has 0 saturated heterocycles. The van der Waals surface area contributed by atoms with Crippen LogP contribution in [0.25, 0.3) is 0 Å². The van der Waals surface area contributed by atoms with Crippen molar-refractivity contribution in [3.8, 4) is 11.8 Å². The number of phenols is 1. The Kier molecular flexibility index (Phi) is 3.30. The minimum Gasteiger partial charge on any atom is -0.508 e. The van der Waals surface area contributed by atoms with Gasteiger partial charge in [-0.2, -0.15) is 5.26 Å². The van der Waals surface area contributed by atoms with Crippen molar-refractivity contribution >= 4 is 0 Å². The highest BCUT2D eigenvalue weighted by Crippen LogP contribution is 2.11. The van der Waals surface area contributed by atoms with Gasteiger partial charge in [0.15, 0.2) is 0 Å². The summed E-state index contributed by atoms with van der Waals surface area (Å²) < 4.78 is 0. The van der Waals surface area contributed by atoms with Crippen LogP contribution in [-0.4, -0.2) is 11.1 Å². The van der Waals surface area contributed by atoms with Crippen LogP contribution >= 0.6 is 0 Å². The normalized spacial score (nSPS) is 12.0. The van der Waals surface area contributed by atoms with Crippen LogP contribution in [0.15, 0.2) is 24.3 Å². The number of nitrogens with zero attached hydrogens (tertiary/aromatic N) is 1. The van der Waals surface area contributed by atoms with Crippen molar-refractivity contribution in [2.45, 2.75) is 18.9 Å². The van der Waals surface area contributed by atoms with Gasteiger partial charge < -0.3 is 10.8 Å². The van der Waals surface area contributed by atoms with Crippen LogP contribution in [-0.2, 0) is 6.42 Å². The molecule has 0 aliphatic rings. The number of nitriles is 1. The van der Waals surface area contributed by atoms with Gasteiger partial charge in [0.05, 0.1) is 12.1 Å². The van der Waals surface area contributed by atoms with E-state index in [1.54, 1.807) is 12.1 Å². The van der Waals surface area contributed by atoms with Gasteiger partial charge in [0.25, 0.3) is 0 Å². The number of nitrogens with two attached hydrogens (primary N) is 1. The molecule has 3 heteroatoms. The lowest BCUT2D eigenvalue weighted by molar-refractivity contribution is 0.475. The van der Waals surface area contributed by atoms with Crippen molar-refractivity contribution in [2.24, 2.45) is 5.73 Å². The molecule has 68 valence electrons. The molecule has 0 saturated carbocycles. The molecule has 0 heterocycles. The molecule has 0 fully saturated rings. The molecule has 13 heavy (non-hydrogen) atoms. The predicted molar refractivity (Wildman–Crippen MR) is 50.0 cm³/mol. The van der Waals surface area contributed by atoms with Gasteiger partial charge in [0.1, 0.15) is 5.75 Å². The topological polar surface area (TPSA) is 70.0 Å². The van der Waals surface area contributed by atoms with Crippen molar-refractivity contribution < 1.29 is 5.11 Å². The second-order valence-corrected chi connectivity index (χ2v) is 2.94. The Morgan fingerprint density at radius 1 is 1.38 bits per heavy atom. The quantitative estimate of drug-likeness (QED) is 0.726. The smallest absolute Gasteiger partial charge is 0.115 e. The van der Waals surface area contributed by atoms with Crippen molar-refractivity contribution in [1.29, 1.82) is 5.26 Å². The number of hydrogen-bond donors (Lipinski definition) is 2. The standard InChI is InChI=1S/C10H12N2O/c11-7-9(12)4-1-8-2-5-10(13)6-3-8/h2-3,5-6,9,13H,1,4,12H2. The van der Waals surface area contributed by atoms with E-state index in [1.807, 2.05) is 18.2 Å². The molecule has 3 N–H and O–H groups in total. The molecule has 0 spiro atoms. The van der Waals surface area contributed by atoms with Crippen molar-refractivity contribution in [3.05, 3.63) is 29.8 Å². The highest BCUT2D eigenvalue weighted by atomic mass is 16.3. The number of rotatable bonds is 3. The summed E-state index contributed by atoms with van der Waals surface area (Å²) in [5.74, 6) is 0.258. The summed E-state index contributed by atoms with van der Waals surface area (Å²) in [7, 11) is 0. The zero-order valence-corrected chi connectivity index (χ0v) is 7.27. The lowest BCUT2D eigenvalue weighted by Gasteiger charge is -2.02. The summed E-state index contributed by atoms with van der Waals surface area (Å²) in [5, 5.41) is 17.4. The molecular formula is C10H12N2O. The fourth-order valence-corrected chi connectivity index (χ4v) is 1.05. The molecule has 0 bridgehead atoms. The summed E-state index contributed by atoms with van der Waals surface area (Å²) in [6.07, 6.45) is 1.43. The second kappa shape index (κ2) is 4.48. The minimum atomic E-state index is -0.395. The number of benzene rings is 1. The molecule has 0 aliphatic carbocycles. The Bertz CT molecular complexity index is 300. The summed E-state index contributed by atoms with van der Waals surface area (Å²) >= 11 is 0. The van der Waals surface area contributed by atoms with Crippen LogP contribution in [0, 0.1) is 11.3 Å². The van der Waals surface area contributed by atoms with Gasteiger partial charge in [-0.25, -0.2) is 0 Å². The summed E-state index contributed by atoms with van der Waals surface area (Å²) in [6, 6.07) is 8.51. The Morgan fingerprint density at radius 3 is 2.54 bits per heavy atom. The van der Waals surface area contributed by atoms with Crippen LogP contribution in [0.2, 0.25) is 0 Å². The zero-order valence-electron chi connectivity index (χ0n) is 7.27. The van der Waals surface area contributed by atoms with Crippen LogP contribution in [0.3, 0.4) is 0 Å². The lowest BCUT2D eigenvalue weighted by Crippen LogP contribution is -2.17. The fourth-order valence-electron chi connectivity index (χ4n) is 1.05. The van der Waals surface area contributed by atoms with E-state index in [1.165, 1.54) is 0 Å². The van der Waals surface area contributed by atoms with E-state index in [0.717, 1.165) is 12.0 Å². The SMILES string of the molecule is N#CC(N)CCc1ccc(O)cc1. The first-order valence-corrected chi connectivity index (χ1v) is 4.15. The Labute approximate surface area is 77.4 Å². The highest BCUT2D eigenvalue weighted by molar-refractivity contribution is 5.26. The zero-order chi connectivity index (χ0) is 9.68. The summed E-state index contributed by atoms with van der Waals surface area (Å²) in [5.41, 5.74) is 6.53. The summed E-state index contributed by atoms with van der Waals surface area (Å²) in [4.78, 5) is 0. The average molecular weight is 176 g/mol. The molecule has 1 atom stereocenters. The van der Waals surface area contributed by atoms with Gasteiger partial charge in [0.2, 0.25) is 0 Å². The molecule has 0 aromatic heterocycles. The van der Waals surface area contributed by atoms with Gasteiger partial charge in [-0.05, 0) is 30.5 Å². The number of phenolic OH excluding ortho intramolecular Hbond substituents is 1. The third-order valence-corrected chi connectivity index (χ3v) is 1.85. The van der Waals surface area contributed by atoms with E-state index in [0.29, 0.717) is 6.42 Å². The molecule has 0 aliphatic heterocycles. The maximum Gasteiger partial charge on any atom is 0.115 e. The molecular weight excluding hydrogens is 164 g/mol. The van der Waals surface area contributed by atoms with Gasteiger partial charge in [-0.3, -0.25) is 0 Å². The Morgan fingerprint density at radius 2 is 2.00 bits per heavy atom. The fraction of sp³-hybridized carbons (Fsp3) is 0.300. The molecule has 1 aromatic rings. The average Bonchev–Trinajstić information content (AvgIpc) is 2.16. The molecule has 1 rings (SSSR count). The maximum absolute atomic E-state index is 9.00. The first-order valence-electron chi connectivity index (χ1n) is 4.15. The molecule has 0 amide bonds. The third-order valence-electron chi connectivity index (χ3n) is 1.85. The molecule has 3 nitrogen and oxygen atoms in total. The third kappa shape index (κ3) is 3.14. The van der Waals surface area contributed by atoms with Gasteiger partial charge in [-0.15, -0.1) is 0 Å². The summed E-state index contributed by atoms with van der Waals surface area (Å²) in [6.45, 7) is 0. The molecule has 1 unspecified atom stereocenters. The first kappa shape index (κ1) is 9.56. The second-order valence-electron chi connectivity index (χ2n) is 2.94. The number of hydrogen-bond acceptors (Lipinski definition) is 3. The van der Waals surface area contributed by atoms with E-state index in [2.05, 4.69) is 0 Å². The lowest BCUT2D eigenvalue weighted by atomic mass is 10.1. The Hall–Kier alpha value is -1.53. The molecule has 1 aromatic carbocycles. The minimum absolute atomic E-state index is 0.258. The van der Waals surface area contributed by atoms with Gasteiger partial charge in [0, 0.05) is 0 Å². The first-order chi connectivity index (χ1) is 6.22. The van der Waals surface area contributed by atoms with Crippen molar-refractivity contribution in [3.63, 3.8) is 0 Å².